The number of anilines is 1. The number of pyridine rings is 1. The number of fused-ring (bicyclic) bond motifs is 3. The zero-order valence-electron chi connectivity index (χ0n) is 18.6. The van der Waals surface area contributed by atoms with Crippen molar-refractivity contribution in [1.29, 1.82) is 0 Å². The molecule has 170 valence electrons. The fourth-order valence-electron chi connectivity index (χ4n) is 5.38. The van der Waals surface area contributed by atoms with Gasteiger partial charge in [-0.25, -0.2) is 4.98 Å². The van der Waals surface area contributed by atoms with Crippen molar-refractivity contribution in [2.75, 3.05) is 5.32 Å². The summed E-state index contributed by atoms with van der Waals surface area (Å²) in [5.41, 5.74) is 4.31. The molecule has 0 radical (unpaired) electrons. The van der Waals surface area contributed by atoms with Gasteiger partial charge in [0.15, 0.2) is 0 Å². The number of carbonyl (C=O) groups is 2. The highest BCUT2D eigenvalue weighted by Gasteiger charge is 2.40. The summed E-state index contributed by atoms with van der Waals surface area (Å²) in [4.78, 5) is 37.3. The van der Waals surface area contributed by atoms with Gasteiger partial charge in [-0.05, 0) is 73.6 Å². The first-order valence-corrected chi connectivity index (χ1v) is 11.7. The van der Waals surface area contributed by atoms with Crippen LogP contribution in [0, 0.1) is 11.8 Å². The third kappa shape index (κ3) is 3.94. The molecule has 0 saturated heterocycles. The maximum absolute atomic E-state index is 12.8. The van der Waals surface area contributed by atoms with E-state index in [9.17, 15) is 9.59 Å². The number of aromatic nitrogens is 3. The molecule has 3 atom stereocenters. The third-order valence-corrected chi connectivity index (χ3v) is 7.14. The zero-order valence-corrected chi connectivity index (χ0v) is 18.6. The van der Waals surface area contributed by atoms with Crippen LogP contribution in [-0.4, -0.2) is 32.8 Å². The van der Waals surface area contributed by atoms with Crippen molar-refractivity contribution in [3.05, 3.63) is 78.1 Å². The van der Waals surface area contributed by atoms with E-state index in [-0.39, 0.29) is 11.8 Å². The summed E-state index contributed by atoms with van der Waals surface area (Å²) in [7, 11) is 0. The van der Waals surface area contributed by atoms with Crippen molar-refractivity contribution in [2.24, 2.45) is 11.8 Å². The molecule has 2 fully saturated rings. The van der Waals surface area contributed by atoms with Gasteiger partial charge in [-0.1, -0.05) is 18.6 Å². The molecule has 7 nitrogen and oxygen atoms in total. The van der Waals surface area contributed by atoms with Crippen LogP contribution in [0.5, 0.6) is 0 Å². The predicted octanol–water partition coefficient (Wildman–Crippen LogP) is 4.80. The smallest absolute Gasteiger partial charge is 0.255 e. The van der Waals surface area contributed by atoms with Crippen LogP contribution in [0.4, 0.5) is 5.69 Å². The summed E-state index contributed by atoms with van der Waals surface area (Å²) < 4.78 is 0. The normalized spacial score (nSPS) is 21.0. The molecule has 2 saturated carbocycles. The Morgan fingerprint density at radius 1 is 0.941 bits per heavy atom. The molecule has 2 heterocycles. The molecule has 6 rings (SSSR count). The topological polar surface area (TPSA) is 99.8 Å². The van der Waals surface area contributed by atoms with Crippen molar-refractivity contribution in [3.63, 3.8) is 0 Å². The van der Waals surface area contributed by atoms with Crippen LogP contribution in [0.25, 0.3) is 22.4 Å². The monoisotopic (exact) mass is 451 g/mol. The number of aromatic amines is 1. The van der Waals surface area contributed by atoms with Crippen LogP contribution < -0.4 is 10.6 Å². The largest absolute Gasteiger partial charge is 0.349 e. The molecule has 3 unspecified atom stereocenters. The van der Waals surface area contributed by atoms with Crippen LogP contribution in [0.3, 0.4) is 0 Å². The van der Waals surface area contributed by atoms with E-state index >= 15 is 0 Å². The van der Waals surface area contributed by atoms with Crippen LogP contribution >= 0.6 is 0 Å². The molecule has 2 aliphatic carbocycles. The van der Waals surface area contributed by atoms with Gasteiger partial charge in [0, 0.05) is 28.9 Å². The Kier molecular flexibility index (Phi) is 5.09. The van der Waals surface area contributed by atoms with Gasteiger partial charge in [0.25, 0.3) is 11.8 Å². The van der Waals surface area contributed by atoms with E-state index in [1.165, 1.54) is 19.3 Å². The fraction of sp³-hybridized carbons (Fsp3) is 0.259. The summed E-state index contributed by atoms with van der Waals surface area (Å²) in [6.07, 6.45) is 8.19. The molecular formula is C27H25N5O2. The van der Waals surface area contributed by atoms with Crippen LogP contribution in [-0.2, 0) is 0 Å². The number of rotatable bonds is 5. The standard InChI is InChI=1S/C27H25N5O2/c33-26(29-21-2-1-11-28-15-21)18-7-5-17(6-8-18)25-30-22-10-9-20(14-24(22)31-25)27(34)32-23-13-16-3-4-19(23)12-16/h1-2,5-11,14-16,19,23H,3-4,12-13H2,(H,29,33)(H,30,31)(H,32,34). The summed E-state index contributed by atoms with van der Waals surface area (Å²) in [5, 5.41) is 6.08. The molecule has 0 spiro atoms. The summed E-state index contributed by atoms with van der Waals surface area (Å²) in [5.74, 6) is 1.92. The second-order valence-electron chi connectivity index (χ2n) is 9.35. The minimum atomic E-state index is -0.199. The molecule has 2 aromatic carbocycles. The van der Waals surface area contributed by atoms with Gasteiger partial charge in [0.05, 0.1) is 22.9 Å². The molecular weight excluding hydrogens is 426 g/mol. The SMILES string of the molecule is O=C(Nc1cccnc1)c1ccc(-c2nc3ccc(C(=O)NC4CC5CCC4C5)cc3[nH]2)cc1. The number of carbonyl (C=O) groups excluding carboxylic acids is 2. The number of hydrogen-bond acceptors (Lipinski definition) is 4. The van der Waals surface area contributed by atoms with Crippen molar-refractivity contribution < 1.29 is 9.59 Å². The van der Waals surface area contributed by atoms with Gasteiger partial charge in [-0.2, -0.15) is 0 Å². The summed E-state index contributed by atoms with van der Waals surface area (Å²) in [6.45, 7) is 0. The van der Waals surface area contributed by atoms with Crippen molar-refractivity contribution >= 4 is 28.5 Å². The molecule has 3 N–H and O–H groups in total. The Morgan fingerprint density at radius 2 is 1.79 bits per heavy atom. The maximum Gasteiger partial charge on any atom is 0.255 e. The number of nitrogens with zero attached hydrogens (tertiary/aromatic N) is 2. The highest BCUT2D eigenvalue weighted by Crippen LogP contribution is 2.44. The van der Waals surface area contributed by atoms with E-state index in [1.54, 1.807) is 36.7 Å². The number of benzene rings is 2. The van der Waals surface area contributed by atoms with Crippen molar-refractivity contribution in [1.82, 2.24) is 20.3 Å². The van der Waals surface area contributed by atoms with E-state index in [4.69, 9.17) is 0 Å². The first kappa shape index (κ1) is 20.6. The molecule has 2 bridgehead atoms. The lowest BCUT2D eigenvalue weighted by molar-refractivity contribution is 0.0922. The van der Waals surface area contributed by atoms with Crippen LogP contribution in [0.15, 0.2) is 67.0 Å². The second kappa shape index (κ2) is 8.41. The minimum Gasteiger partial charge on any atom is -0.349 e. The molecule has 7 heteroatoms. The zero-order chi connectivity index (χ0) is 23.1. The summed E-state index contributed by atoms with van der Waals surface area (Å²) in [6, 6.07) is 16.7. The van der Waals surface area contributed by atoms with Gasteiger partial charge in [0.1, 0.15) is 5.82 Å². The second-order valence-corrected chi connectivity index (χ2v) is 9.35. The number of amides is 2. The predicted molar refractivity (Wildman–Crippen MR) is 130 cm³/mol. The Hall–Kier alpha value is -4.00. The lowest BCUT2D eigenvalue weighted by atomic mass is 9.95. The molecule has 34 heavy (non-hydrogen) atoms. The quantitative estimate of drug-likeness (QED) is 0.406. The van der Waals surface area contributed by atoms with Crippen molar-refractivity contribution in [3.8, 4) is 11.4 Å². The fourth-order valence-corrected chi connectivity index (χ4v) is 5.38. The van der Waals surface area contributed by atoms with E-state index in [0.29, 0.717) is 34.6 Å². The Balaban J connectivity index is 1.17. The Labute approximate surface area is 197 Å². The first-order chi connectivity index (χ1) is 16.6. The molecule has 4 aromatic rings. The van der Waals surface area contributed by atoms with E-state index in [2.05, 4.69) is 25.6 Å². The number of nitrogens with one attached hydrogen (secondary N) is 3. The highest BCUT2D eigenvalue weighted by atomic mass is 16.2. The average molecular weight is 452 g/mol. The number of imidazole rings is 1. The van der Waals surface area contributed by atoms with Crippen LogP contribution in [0.1, 0.15) is 46.4 Å². The molecule has 2 aromatic heterocycles. The number of hydrogen-bond donors (Lipinski definition) is 3. The van der Waals surface area contributed by atoms with Gasteiger partial charge in [0.2, 0.25) is 0 Å². The van der Waals surface area contributed by atoms with E-state index < -0.39 is 0 Å². The molecule has 0 aliphatic heterocycles. The summed E-state index contributed by atoms with van der Waals surface area (Å²) >= 11 is 0. The minimum absolute atomic E-state index is 0.0143. The van der Waals surface area contributed by atoms with Crippen LogP contribution in [0.2, 0.25) is 0 Å². The number of H-pyrrole nitrogens is 1. The highest BCUT2D eigenvalue weighted by molar-refractivity contribution is 6.04. The maximum atomic E-state index is 12.8. The third-order valence-electron chi connectivity index (χ3n) is 7.14. The lowest BCUT2D eigenvalue weighted by Gasteiger charge is -2.22. The van der Waals surface area contributed by atoms with Gasteiger partial charge in [-0.15, -0.1) is 0 Å². The van der Waals surface area contributed by atoms with Gasteiger partial charge >= 0.3 is 0 Å². The molecule has 2 amide bonds. The average Bonchev–Trinajstić information content (AvgIpc) is 3.60. The van der Waals surface area contributed by atoms with Gasteiger partial charge < -0.3 is 15.6 Å². The van der Waals surface area contributed by atoms with Crippen molar-refractivity contribution in [2.45, 2.75) is 31.7 Å². The first-order valence-electron chi connectivity index (χ1n) is 11.7. The molecule has 2 aliphatic rings. The van der Waals surface area contributed by atoms with E-state index in [1.807, 2.05) is 30.3 Å². The van der Waals surface area contributed by atoms with E-state index in [0.717, 1.165) is 28.9 Å². The van der Waals surface area contributed by atoms with Gasteiger partial charge in [-0.3, -0.25) is 14.6 Å². The Bertz CT molecular complexity index is 1360. The Morgan fingerprint density at radius 3 is 2.53 bits per heavy atom. The lowest BCUT2D eigenvalue weighted by Crippen LogP contribution is -2.38.